The number of hydrogen-bond donors (Lipinski definition) is 0. The molecule has 15 heavy (non-hydrogen) atoms. The zero-order chi connectivity index (χ0) is 11.1. The van der Waals surface area contributed by atoms with Crippen LogP contribution in [0.15, 0.2) is 24.3 Å². The normalized spacial score (nSPS) is 10.0. The van der Waals surface area contributed by atoms with E-state index >= 15 is 0 Å². The van der Waals surface area contributed by atoms with E-state index in [4.69, 9.17) is 11.2 Å². The summed E-state index contributed by atoms with van der Waals surface area (Å²) in [5.41, 5.74) is 1.15. The van der Waals surface area contributed by atoms with E-state index in [1.165, 1.54) is 0 Å². The van der Waals surface area contributed by atoms with Crippen LogP contribution >= 0.6 is 0 Å². The predicted octanol–water partition coefficient (Wildman–Crippen LogP) is 1.80. The number of benzene rings is 1. The Labute approximate surface area is 91.9 Å². The van der Waals surface area contributed by atoms with Gasteiger partial charge >= 0.3 is 0 Å². The third kappa shape index (κ3) is 4.53. The fraction of sp³-hybridized carbons (Fsp3) is 0.385. The average Bonchev–Trinajstić information content (AvgIpc) is 2.20. The van der Waals surface area contributed by atoms with Crippen LogP contribution in [0, 0.1) is 12.3 Å². The molecule has 0 N–H and O–H groups in total. The molecule has 80 valence electrons. The summed E-state index contributed by atoms with van der Waals surface area (Å²) in [6.07, 6.45) is 5.90. The monoisotopic (exact) mass is 203 g/mol. The van der Waals surface area contributed by atoms with E-state index < -0.39 is 0 Å². The van der Waals surface area contributed by atoms with Gasteiger partial charge in [0.05, 0.1) is 0 Å². The van der Waals surface area contributed by atoms with Gasteiger partial charge in [0.2, 0.25) is 0 Å². The summed E-state index contributed by atoms with van der Waals surface area (Å²) in [6, 6.07) is 7.93. The molecule has 0 aromatic heterocycles. The van der Waals surface area contributed by atoms with Crippen LogP contribution < -0.4 is 4.74 Å². The number of ether oxygens (including phenoxy) is 1. The van der Waals surface area contributed by atoms with Crippen LogP contribution in [0.3, 0.4) is 0 Å². The van der Waals surface area contributed by atoms with Gasteiger partial charge in [0, 0.05) is 13.0 Å². The number of terminal acetylenes is 1. The molecule has 0 aliphatic heterocycles. The molecule has 0 atom stereocenters. The van der Waals surface area contributed by atoms with Gasteiger partial charge in [0.15, 0.2) is 0 Å². The lowest BCUT2D eigenvalue weighted by Crippen LogP contribution is -2.19. The standard InChI is InChI=1S/C13H17NO/c1-4-5-12-6-8-13(9-7-12)15-11-10-14(2)3/h1,6-9H,5,10-11H2,2-3H3. The van der Waals surface area contributed by atoms with E-state index in [1.807, 2.05) is 38.4 Å². The molecular formula is C13H17NO. The second kappa shape index (κ2) is 6.10. The van der Waals surface area contributed by atoms with Crippen LogP contribution in [0.1, 0.15) is 5.56 Å². The molecule has 0 spiro atoms. The van der Waals surface area contributed by atoms with Gasteiger partial charge in [-0.2, -0.15) is 0 Å². The Bertz CT molecular complexity index is 321. The fourth-order valence-electron chi connectivity index (χ4n) is 1.17. The van der Waals surface area contributed by atoms with Gasteiger partial charge in [-0.15, -0.1) is 12.3 Å². The topological polar surface area (TPSA) is 12.5 Å². The zero-order valence-corrected chi connectivity index (χ0v) is 9.36. The first-order chi connectivity index (χ1) is 7.22. The highest BCUT2D eigenvalue weighted by Crippen LogP contribution is 2.12. The van der Waals surface area contributed by atoms with Crippen molar-refractivity contribution in [3.05, 3.63) is 29.8 Å². The minimum atomic E-state index is 0.679. The summed E-state index contributed by atoms with van der Waals surface area (Å²) in [4.78, 5) is 2.09. The molecule has 0 saturated carbocycles. The molecule has 1 aromatic carbocycles. The minimum absolute atomic E-state index is 0.679. The van der Waals surface area contributed by atoms with Gasteiger partial charge in [-0.25, -0.2) is 0 Å². The molecule has 1 aromatic rings. The Balaban J connectivity index is 2.40. The summed E-state index contributed by atoms with van der Waals surface area (Å²) >= 11 is 0. The Hall–Kier alpha value is -1.46. The summed E-state index contributed by atoms with van der Waals surface area (Å²) < 4.78 is 5.56. The maximum absolute atomic E-state index is 5.56. The van der Waals surface area contributed by atoms with Crippen LogP contribution in [0.5, 0.6) is 5.75 Å². The quantitative estimate of drug-likeness (QED) is 0.677. The maximum Gasteiger partial charge on any atom is 0.119 e. The van der Waals surface area contributed by atoms with Crippen molar-refractivity contribution in [2.75, 3.05) is 27.2 Å². The van der Waals surface area contributed by atoms with E-state index in [2.05, 4.69) is 10.8 Å². The molecule has 0 radical (unpaired) electrons. The van der Waals surface area contributed by atoms with Crippen molar-refractivity contribution in [1.82, 2.24) is 4.90 Å². The zero-order valence-electron chi connectivity index (χ0n) is 9.36. The highest BCUT2D eigenvalue weighted by atomic mass is 16.5. The van der Waals surface area contributed by atoms with Gasteiger partial charge in [-0.1, -0.05) is 12.1 Å². The lowest BCUT2D eigenvalue weighted by atomic mass is 10.1. The summed E-state index contributed by atoms with van der Waals surface area (Å²) in [5, 5.41) is 0. The average molecular weight is 203 g/mol. The van der Waals surface area contributed by atoms with Crippen molar-refractivity contribution in [3.8, 4) is 18.1 Å². The Morgan fingerprint density at radius 1 is 1.27 bits per heavy atom. The van der Waals surface area contributed by atoms with Crippen molar-refractivity contribution in [2.45, 2.75) is 6.42 Å². The molecule has 0 aliphatic carbocycles. The minimum Gasteiger partial charge on any atom is -0.492 e. The number of hydrogen-bond acceptors (Lipinski definition) is 2. The lowest BCUT2D eigenvalue weighted by molar-refractivity contribution is 0.261. The predicted molar refractivity (Wildman–Crippen MR) is 63.0 cm³/mol. The molecular weight excluding hydrogens is 186 g/mol. The molecule has 1 rings (SSSR count). The Kier molecular flexibility index (Phi) is 4.73. The second-order valence-corrected chi connectivity index (χ2v) is 3.68. The third-order valence-electron chi connectivity index (χ3n) is 2.04. The molecule has 2 heteroatoms. The molecule has 2 nitrogen and oxygen atoms in total. The third-order valence-corrected chi connectivity index (χ3v) is 2.04. The maximum atomic E-state index is 5.56. The van der Waals surface area contributed by atoms with Gasteiger partial charge in [-0.05, 0) is 31.8 Å². The van der Waals surface area contributed by atoms with E-state index in [0.29, 0.717) is 13.0 Å². The van der Waals surface area contributed by atoms with Crippen LogP contribution in [-0.2, 0) is 6.42 Å². The molecule has 0 fully saturated rings. The smallest absolute Gasteiger partial charge is 0.119 e. The van der Waals surface area contributed by atoms with Crippen molar-refractivity contribution in [2.24, 2.45) is 0 Å². The molecule has 0 unspecified atom stereocenters. The van der Waals surface area contributed by atoms with Crippen molar-refractivity contribution >= 4 is 0 Å². The first-order valence-electron chi connectivity index (χ1n) is 5.02. The number of nitrogens with zero attached hydrogens (tertiary/aromatic N) is 1. The van der Waals surface area contributed by atoms with E-state index in [0.717, 1.165) is 17.9 Å². The highest BCUT2D eigenvalue weighted by Gasteiger charge is 1.95. The van der Waals surface area contributed by atoms with Crippen LogP contribution in [0.25, 0.3) is 0 Å². The van der Waals surface area contributed by atoms with Gasteiger partial charge in [-0.3, -0.25) is 0 Å². The first kappa shape index (κ1) is 11.6. The van der Waals surface area contributed by atoms with E-state index in [-0.39, 0.29) is 0 Å². The van der Waals surface area contributed by atoms with E-state index in [1.54, 1.807) is 0 Å². The largest absolute Gasteiger partial charge is 0.492 e. The van der Waals surface area contributed by atoms with E-state index in [9.17, 15) is 0 Å². The van der Waals surface area contributed by atoms with Crippen molar-refractivity contribution < 1.29 is 4.74 Å². The summed E-state index contributed by atoms with van der Waals surface area (Å²) in [7, 11) is 4.05. The van der Waals surface area contributed by atoms with Gasteiger partial charge < -0.3 is 9.64 Å². The van der Waals surface area contributed by atoms with Crippen LogP contribution in [0.4, 0.5) is 0 Å². The molecule has 0 aliphatic rings. The summed E-state index contributed by atoms with van der Waals surface area (Å²) in [5.74, 6) is 3.51. The second-order valence-electron chi connectivity index (χ2n) is 3.68. The summed E-state index contributed by atoms with van der Waals surface area (Å²) in [6.45, 7) is 1.63. The SMILES string of the molecule is C#CCc1ccc(OCCN(C)C)cc1. The molecule has 0 amide bonds. The number of rotatable bonds is 5. The molecule has 0 heterocycles. The highest BCUT2D eigenvalue weighted by molar-refractivity contribution is 5.29. The van der Waals surface area contributed by atoms with Crippen molar-refractivity contribution in [3.63, 3.8) is 0 Å². The van der Waals surface area contributed by atoms with Gasteiger partial charge in [0.1, 0.15) is 12.4 Å². The Morgan fingerprint density at radius 3 is 2.47 bits per heavy atom. The lowest BCUT2D eigenvalue weighted by Gasteiger charge is -2.10. The Morgan fingerprint density at radius 2 is 1.93 bits per heavy atom. The fourth-order valence-corrected chi connectivity index (χ4v) is 1.17. The van der Waals surface area contributed by atoms with Crippen molar-refractivity contribution in [1.29, 1.82) is 0 Å². The molecule has 0 bridgehead atoms. The first-order valence-corrected chi connectivity index (χ1v) is 5.02. The van der Waals surface area contributed by atoms with Crippen LogP contribution in [-0.4, -0.2) is 32.1 Å². The molecule has 0 saturated heterocycles. The number of likely N-dealkylation sites (N-methyl/N-ethyl adjacent to an activating group) is 1. The van der Waals surface area contributed by atoms with Crippen LogP contribution in [0.2, 0.25) is 0 Å². The van der Waals surface area contributed by atoms with Gasteiger partial charge in [0.25, 0.3) is 0 Å².